The third kappa shape index (κ3) is 5.36. The van der Waals surface area contributed by atoms with Crippen LogP contribution in [0.15, 0.2) is 64.2 Å². The molecule has 0 aliphatic carbocycles. The van der Waals surface area contributed by atoms with Crippen LogP contribution in [0.5, 0.6) is 0 Å². The average Bonchev–Trinajstić information content (AvgIpc) is 2.97. The Morgan fingerprint density at radius 2 is 1.93 bits per heavy atom. The lowest BCUT2D eigenvalue weighted by Gasteiger charge is -2.10. The first-order valence-electron chi connectivity index (χ1n) is 9.04. The fraction of sp³-hybridized carbons (Fsp3) is 0.182. The lowest BCUT2D eigenvalue weighted by atomic mass is 10.2. The van der Waals surface area contributed by atoms with E-state index in [2.05, 4.69) is 26.5 Å². The SMILES string of the molecule is Cc1cc(/C=N/NC(=O)CSCc2ccccc2Br)c(C)n1-c1ccccc1F. The van der Waals surface area contributed by atoms with Gasteiger partial charge in [0.25, 0.3) is 0 Å². The second-order valence-corrected chi connectivity index (χ2v) is 8.33. The molecule has 0 bridgehead atoms. The fourth-order valence-corrected chi connectivity index (χ4v) is 4.43. The number of nitrogens with one attached hydrogen (secondary N) is 1. The van der Waals surface area contributed by atoms with Crippen LogP contribution in [0, 0.1) is 19.7 Å². The molecular weight excluding hydrogens is 453 g/mol. The highest BCUT2D eigenvalue weighted by Gasteiger charge is 2.12. The van der Waals surface area contributed by atoms with Crippen molar-refractivity contribution in [3.63, 3.8) is 0 Å². The van der Waals surface area contributed by atoms with Gasteiger partial charge in [-0.3, -0.25) is 4.79 Å². The molecule has 0 aliphatic heterocycles. The predicted molar refractivity (Wildman–Crippen MR) is 121 cm³/mol. The van der Waals surface area contributed by atoms with E-state index in [4.69, 9.17) is 0 Å². The van der Waals surface area contributed by atoms with Crippen molar-refractivity contribution in [2.45, 2.75) is 19.6 Å². The molecule has 0 unspecified atom stereocenters. The lowest BCUT2D eigenvalue weighted by Crippen LogP contribution is -2.19. The number of thioether (sulfide) groups is 1. The van der Waals surface area contributed by atoms with Crippen molar-refractivity contribution in [2.24, 2.45) is 5.10 Å². The van der Waals surface area contributed by atoms with Gasteiger partial charge in [0.1, 0.15) is 5.82 Å². The quantitative estimate of drug-likeness (QED) is 0.369. The number of nitrogens with zero attached hydrogens (tertiary/aromatic N) is 2. The van der Waals surface area contributed by atoms with Crippen molar-refractivity contribution in [3.05, 3.63) is 87.4 Å². The molecule has 150 valence electrons. The number of hydrogen-bond acceptors (Lipinski definition) is 3. The maximum atomic E-state index is 14.2. The first kappa shape index (κ1) is 21.3. The molecule has 1 heterocycles. The molecule has 2 aromatic carbocycles. The van der Waals surface area contributed by atoms with E-state index in [0.29, 0.717) is 11.4 Å². The van der Waals surface area contributed by atoms with Gasteiger partial charge >= 0.3 is 0 Å². The number of para-hydroxylation sites is 1. The molecule has 7 heteroatoms. The van der Waals surface area contributed by atoms with Crippen LogP contribution < -0.4 is 5.43 Å². The Morgan fingerprint density at radius 1 is 1.21 bits per heavy atom. The molecular formula is C22H21BrFN3OS. The van der Waals surface area contributed by atoms with E-state index in [0.717, 1.165) is 32.7 Å². The summed E-state index contributed by atoms with van der Waals surface area (Å²) in [6.45, 7) is 3.81. The van der Waals surface area contributed by atoms with Crippen molar-refractivity contribution in [3.8, 4) is 5.69 Å². The molecule has 0 saturated carbocycles. The van der Waals surface area contributed by atoms with E-state index in [1.165, 1.54) is 17.8 Å². The molecule has 0 fully saturated rings. The molecule has 29 heavy (non-hydrogen) atoms. The van der Waals surface area contributed by atoms with Crippen LogP contribution in [0.4, 0.5) is 4.39 Å². The topological polar surface area (TPSA) is 46.4 Å². The van der Waals surface area contributed by atoms with E-state index < -0.39 is 0 Å². The molecule has 3 rings (SSSR count). The van der Waals surface area contributed by atoms with Gasteiger partial charge in [-0.25, -0.2) is 9.82 Å². The summed E-state index contributed by atoms with van der Waals surface area (Å²) in [6, 6.07) is 16.5. The van der Waals surface area contributed by atoms with Crippen LogP contribution in [0.3, 0.4) is 0 Å². The molecule has 0 saturated heterocycles. The van der Waals surface area contributed by atoms with E-state index in [1.807, 2.05) is 48.7 Å². The maximum absolute atomic E-state index is 14.2. The second kappa shape index (κ2) is 9.89. The van der Waals surface area contributed by atoms with Crippen molar-refractivity contribution in [1.82, 2.24) is 9.99 Å². The minimum absolute atomic E-state index is 0.166. The largest absolute Gasteiger partial charge is 0.315 e. The van der Waals surface area contributed by atoms with Crippen molar-refractivity contribution < 1.29 is 9.18 Å². The zero-order chi connectivity index (χ0) is 20.8. The summed E-state index contributed by atoms with van der Waals surface area (Å²) in [7, 11) is 0. The Balaban J connectivity index is 1.58. The monoisotopic (exact) mass is 473 g/mol. The molecule has 1 N–H and O–H groups in total. The lowest BCUT2D eigenvalue weighted by molar-refractivity contribution is -0.118. The third-order valence-corrected chi connectivity index (χ3v) is 6.16. The van der Waals surface area contributed by atoms with Crippen LogP contribution in [0.25, 0.3) is 5.69 Å². The number of halogens is 2. The van der Waals surface area contributed by atoms with Crippen molar-refractivity contribution in [2.75, 3.05) is 5.75 Å². The van der Waals surface area contributed by atoms with Crippen molar-refractivity contribution in [1.29, 1.82) is 0 Å². The van der Waals surface area contributed by atoms with E-state index >= 15 is 0 Å². The second-order valence-electron chi connectivity index (χ2n) is 6.49. The van der Waals surface area contributed by atoms with E-state index in [9.17, 15) is 9.18 Å². The zero-order valence-electron chi connectivity index (χ0n) is 16.2. The minimum Gasteiger partial charge on any atom is -0.315 e. The van der Waals surface area contributed by atoms with Gasteiger partial charge in [-0.1, -0.05) is 46.3 Å². The molecule has 0 atom stereocenters. The van der Waals surface area contributed by atoms with Gasteiger partial charge < -0.3 is 4.57 Å². The maximum Gasteiger partial charge on any atom is 0.250 e. The van der Waals surface area contributed by atoms with E-state index in [-0.39, 0.29) is 11.7 Å². The average molecular weight is 474 g/mol. The Hall–Kier alpha value is -2.38. The van der Waals surface area contributed by atoms with Crippen LogP contribution in [-0.2, 0) is 10.5 Å². The predicted octanol–water partition coefficient (Wildman–Crippen LogP) is 5.38. The summed E-state index contributed by atoms with van der Waals surface area (Å²) >= 11 is 5.03. The van der Waals surface area contributed by atoms with Gasteiger partial charge in [-0.15, -0.1) is 11.8 Å². The summed E-state index contributed by atoms with van der Waals surface area (Å²) in [6.07, 6.45) is 1.59. The number of aryl methyl sites for hydroxylation is 1. The first-order valence-corrected chi connectivity index (χ1v) is 11.0. The number of carbonyl (C=O) groups excluding carboxylic acids is 1. The van der Waals surface area contributed by atoms with Gasteiger partial charge in [0, 0.05) is 27.2 Å². The summed E-state index contributed by atoms with van der Waals surface area (Å²) in [5.74, 6) is 0.601. The third-order valence-electron chi connectivity index (χ3n) is 4.41. The molecule has 1 amide bonds. The van der Waals surface area contributed by atoms with E-state index in [1.54, 1.807) is 24.4 Å². The normalized spacial score (nSPS) is 11.2. The number of benzene rings is 2. The summed E-state index contributed by atoms with van der Waals surface area (Å²) in [5, 5.41) is 4.06. The standard InChI is InChI=1S/C22H21BrFN3OS/c1-15-11-18(16(2)27(15)21-10-6-5-9-20(21)24)12-25-26-22(28)14-29-13-17-7-3-4-8-19(17)23/h3-12H,13-14H2,1-2H3,(H,26,28)/b25-12+. The van der Waals surface area contributed by atoms with Crippen molar-refractivity contribution >= 4 is 39.8 Å². The fourth-order valence-electron chi connectivity index (χ4n) is 3.00. The highest BCUT2D eigenvalue weighted by atomic mass is 79.9. The molecule has 0 spiro atoms. The summed E-state index contributed by atoms with van der Waals surface area (Å²) < 4.78 is 17.0. The van der Waals surface area contributed by atoms with Crippen LogP contribution >= 0.6 is 27.7 Å². The van der Waals surface area contributed by atoms with Crippen LogP contribution in [0.1, 0.15) is 22.5 Å². The van der Waals surface area contributed by atoms with Gasteiger partial charge in [-0.05, 0) is 43.7 Å². The molecule has 4 nitrogen and oxygen atoms in total. The number of carbonyl (C=O) groups is 1. The molecule has 0 radical (unpaired) electrons. The number of amides is 1. The first-order chi connectivity index (χ1) is 14.0. The Labute approximate surface area is 182 Å². The minimum atomic E-state index is -0.284. The van der Waals surface area contributed by atoms with Gasteiger partial charge in [-0.2, -0.15) is 5.10 Å². The van der Waals surface area contributed by atoms with Crippen LogP contribution in [-0.4, -0.2) is 22.4 Å². The summed E-state index contributed by atoms with van der Waals surface area (Å²) in [4.78, 5) is 12.0. The van der Waals surface area contributed by atoms with Gasteiger partial charge in [0.15, 0.2) is 0 Å². The Bertz CT molecular complexity index is 1050. The zero-order valence-corrected chi connectivity index (χ0v) is 18.6. The van der Waals surface area contributed by atoms with Gasteiger partial charge in [0.05, 0.1) is 17.7 Å². The number of hydrogen-bond donors (Lipinski definition) is 1. The highest BCUT2D eigenvalue weighted by molar-refractivity contribution is 9.10. The smallest absolute Gasteiger partial charge is 0.250 e. The molecule has 3 aromatic rings. The van der Waals surface area contributed by atoms with Crippen LogP contribution in [0.2, 0.25) is 0 Å². The number of hydrazone groups is 1. The molecule has 0 aliphatic rings. The van der Waals surface area contributed by atoms with Gasteiger partial charge in [0.2, 0.25) is 5.91 Å². The highest BCUT2D eigenvalue weighted by Crippen LogP contribution is 2.22. The number of aromatic nitrogens is 1. The molecule has 1 aromatic heterocycles. The Morgan fingerprint density at radius 3 is 2.69 bits per heavy atom. The summed E-state index contributed by atoms with van der Waals surface area (Å²) in [5.41, 5.74) is 6.77. The number of rotatable bonds is 7. The Kier molecular flexibility index (Phi) is 7.28.